The molecule has 0 unspecified atom stereocenters. The molecule has 0 aliphatic carbocycles. The minimum Gasteiger partial charge on any atom is -0.490 e. The normalized spacial score (nSPS) is 12.8. The molecule has 0 saturated carbocycles. The largest absolute Gasteiger partial charge is 0.490 e. The monoisotopic (exact) mass is 470 g/mol. The third-order valence-electron chi connectivity index (χ3n) is 3.35. The zero-order valence-electron chi connectivity index (χ0n) is 14.4. The van der Waals surface area contributed by atoms with Crippen molar-refractivity contribution in [2.45, 2.75) is 39.7 Å². The van der Waals surface area contributed by atoms with Gasteiger partial charge in [-0.2, -0.15) is 0 Å². The van der Waals surface area contributed by atoms with Gasteiger partial charge in [0.1, 0.15) is 9.80 Å². The molecule has 0 fully saturated rings. The molecule has 0 radical (unpaired) electrons. The van der Waals surface area contributed by atoms with E-state index in [2.05, 4.69) is 27.6 Å². The molecule has 0 saturated heterocycles. The van der Waals surface area contributed by atoms with E-state index in [1.807, 2.05) is 26.8 Å². The number of rotatable bonds is 8. The fourth-order valence-electron chi connectivity index (χ4n) is 1.98. The molecule has 2 N–H and O–H groups in total. The number of pyridine rings is 1. The van der Waals surface area contributed by atoms with Crippen molar-refractivity contribution in [3.8, 4) is 5.75 Å². The number of carbonyl (C=O) groups excluding carboxylic acids is 1. The molecule has 1 aromatic rings. The van der Waals surface area contributed by atoms with Crippen LogP contribution in [0.2, 0.25) is 5.15 Å². The predicted molar refractivity (Wildman–Crippen MR) is 102 cm³/mol. The minimum atomic E-state index is -0.789. The number of hydrogen-bond acceptors (Lipinski definition) is 5. The molecular weight excluding hydrogens is 447 g/mol. The van der Waals surface area contributed by atoms with E-state index in [9.17, 15) is 4.79 Å². The smallest absolute Gasteiger partial charge is 0.404 e. The number of ether oxygens (including phenoxy) is 3. The van der Waals surface area contributed by atoms with E-state index in [0.29, 0.717) is 30.5 Å². The number of halogens is 2. The highest BCUT2D eigenvalue weighted by atomic mass is 127. The predicted octanol–water partition coefficient (Wildman–Crippen LogP) is 3.81. The van der Waals surface area contributed by atoms with Crippen molar-refractivity contribution in [1.82, 2.24) is 4.98 Å². The molecule has 1 amide bonds. The first kappa shape index (κ1) is 21.2. The van der Waals surface area contributed by atoms with E-state index >= 15 is 0 Å². The molecule has 1 aromatic heterocycles. The quantitative estimate of drug-likeness (QED) is 0.355. The van der Waals surface area contributed by atoms with Gasteiger partial charge in [-0.05, 0) is 39.6 Å². The zero-order valence-corrected chi connectivity index (χ0v) is 17.3. The molecule has 0 aliphatic rings. The highest BCUT2D eigenvalue weighted by Gasteiger charge is 2.29. The van der Waals surface area contributed by atoms with Crippen molar-refractivity contribution in [3.63, 3.8) is 0 Å². The van der Waals surface area contributed by atoms with Crippen molar-refractivity contribution < 1.29 is 19.0 Å². The Hall–Kier alpha value is -0.800. The molecule has 1 heterocycles. The van der Waals surface area contributed by atoms with Crippen molar-refractivity contribution in [1.29, 1.82) is 0 Å². The van der Waals surface area contributed by atoms with Gasteiger partial charge in [0.05, 0.1) is 6.61 Å². The first-order valence-electron chi connectivity index (χ1n) is 7.58. The van der Waals surface area contributed by atoms with Crippen LogP contribution in [0.1, 0.15) is 32.8 Å². The van der Waals surface area contributed by atoms with Crippen LogP contribution in [0.3, 0.4) is 0 Å². The number of aromatic nitrogens is 1. The Morgan fingerprint density at radius 1 is 1.42 bits per heavy atom. The summed E-state index contributed by atoms with van der Waals surface area (Å²) in [5.41, 5.74) is 5.82. The summed E-state index contributed by atoms with van der Waals surface area (Å²) in [7, 11) is 1.64. The van der Waals surface area contributed by atoms with Crippen LogP contribution in [0.15, 0.2) is 6.07 Å². The van der Waals surface area contributed by atoms with Gasteiger partial charge < -0.3 is 19.9 Å². The molecule has 0 aromatic carbocycles. The van der Waals surface area contributed by atoms with Gasteiger partial charge in [0.25, 0.3) is 0 Å². The summed E-state index contributed by atoms with van der Waals surface area (Å²) >= 11 is 8.25. The molecule has 0 bridgehead atoms. The van der Waals surface area contributed by atoms with E-state index in [1.165, 1.54) is 0 Å². The van der Waals surface area contributed by atoms with Crippen molar-refractivity contribution in [2.24, 2.45) is 11.1 Å². The molecule has 6 nitrogen and oxygen atoms in total. The van der Waals surface area contributed by atoms with Crippen LogP contribution in [0.5, 0.6) is 5.75 Å². The van der Waals surface area contributed by atoms with Crippen LogP contribution < -0.4 is 10.5 Å². The summed E-state index contributed by atoms with van der Waals surface area (Å²) < 4.78 is 16.7. The lowest BCUT2D eigenvalue weighted by molar-refractivity contribution is 0.0372. The Bertz CT molecular complexity index is 564. The Balaban J connectivity index is 2.94. The second-order valence-corrected chi connectivity index (χ2v) is 7.80. The Labute approximate surface area is 161 Å². The maximum Gasteiger partial charge on any atom is 0.404 e. The molecule has 1 rings (SSSR count). The topological polar surface area (TPSA) is 83.7 Å². The Morgan fingerprint density at radius 2 is 2.08 bits per heavy atom. The molecule has 136 valence electrons. The highest BCUT2D eigenvalue weighted by molar-refractivity contribution is 14.1. The number of hydrogen-bond donors (Lipinski definition) is 1. The number of carbonyl (C=O) groups is 1. The number of methoxy groups -OCH3 is 1. The van der Waals surface area contributed by atoms with Gasteiger partial charge in [-0.15, -0.1) is 0 Å². The van der Waals surface area contributed by atoms with Gasteiger partial charge in [0.15, 0.2) is 10.9 Å². The zero-order chi connectivity index (χ0) is 18.3. The fourth-order valence-corrected chi connectivity index (χ4v) is 2.94. The summed E-state index contributed by atoms with van der Waals surface area (Å²) in [5.74, 6) is 0.509. The first-order chi connectivity index (χ1) is 11.1. The van der Waals surface area contributed by atoms with Crippen LogP contribution >= 0.6 is 34.2 Å². The lowest BCUT2D eigenvalue weighted by Gasteiger charge is -2.30. The van der Waals surface area contributed by atoms with Gasteiger partial charge in [-0.3, -0.25) is 0 Å². The third kappa shape index (κ3) is 6.98. The van der Waals surface area contributed by atoms with E-state index < -0.39 is 6.09 Å². The van der Waals surface area contributed by atoms with Gasteiger partial charge in [0.2, 0.25) is 0 Å². The number of nitrogens with zero attached hydrogens (tertiary/aromatic N) is 1. The van der Waals surface area contributed by atoms with Crippen LogP contribution in [-0.2, 0) is 15.9 Å². The lowest BCUT2D eigenvalue weighted by atomic mass is 9.85. The maximum atomic E-state index is 11.2. The summed E-state index contributed by atoms with van der Waals surface area (Å²) in [6.07, 6.45) is 0.0584. The van der Waals surface area contributed by atoms with Gasteiger partial charge in [-0.25, -0.2) is 9.78 Å². The van der Waals surface area contributed by atoms with Crippen molar-refractivity contribution >= 4 is 40.3 Å². The Kier molecular flexibility index (Phi) is 8.52. The fraction of sp³-hybridized carbons (Fsp3) is 0.625. The molecule has 24 heavy (non-hydrogen) atoms. The second kappa shape index (κ2) is 9.62. The van der Waals surface area contributed by atoms with E-state index in [1.54, 1.807) is 7.11 Å². The molecule has 1 atom stereocenters. The van der Waals surface area contributed by atoms with E-state index in [0.717, 1.165) is 15.7 Å². The molecule has 0 aliphatic heterocycles. The average molecular weight is 471 g/mol. The van der Waals surface area contributed by atoms with E-state index in [4.69, 9.17) is 31.5 Å². The van der Waals surface area contributed by atoms with Crippen LogP contribution in [-0.4, -0.2) is 37.5 Å². The number of nitrogens with two attached hydrogens (primary N) is 1. The summed E-state index contributed by atoms with van der Waals surface area (Å²) in [6.45, 7) is 7.05. The van der Waals surface area contributed by atoms with Gasteiger partial charge in [0, 0.05) is 26.6 Å². The summed E-state index contributed by atoms with van der Waals surface area (Å²) in [5, 5.41) is 0.309. The minimum absolute atomic E-state index is 0.267. The standard InChI is InChI=1S/C16H24ClIN2O4/c1-16(2,3)12(24-15(19)21)9-10-8-11(13(17)20-14(10)18)23-7-5-6-22-4/h8,12H,5-7,9H2,1-4H3,(H2,19,21)/t12-/m0/s1. The molecule has 0 spiro atoms. The second-order valence-electron chi connectivity index (χ2n) is 6.42. The molecular formula is C16H24ClIN2O4. The van der Waals surface area contributed by atoms with E-state index in [-0.39, 0.29) is 11.5 Å². The van der Waals surface area contributed by atoms with Crippen LogP contribution in [0, 0.1) is 9.12 Å². The maximum absolute atomic E-state index is 11.2. The Morgan fingerprint density at radius 3 is 2.62 bits per heavy atom. The lowest BCUT2D eigenvalue weighted by Crippen LogP contribution is -2.35. The third-order valence-corrected chi connectivity index (χ3v) is 4.55. The number of amides is 1. The molecule has 8 heteroatoms. The highest BCUT2D eigenvalue weighted by Crippen LogP contribution is 2.31. The summed E-state index contributed by atoms with van der Waals surface area (Å²) in [4.78, 5) is 15.5. The van der Waals surface area contributed by atoms with Gasteiger partial charge >= 0.3 is 6.09 Å². The van der Waals surface area contributed by atoms with Gasteiger partial charge in [-0.1, -0.05) is 32.4 Å². The summed E-state index contributed by atoms with van der Waals surface area (Å²) in [6, 6.07) is 1.84. The van der Waals surface area contributed by atoms with Crippen molar-refractivity contribution in [2.75, 3.05) is 20.3 Å². The SMILES string of the molecule is COCCCOc1cc(C[C@H](OC(N)=O)C(C)(C)C)c(I)nc1Cl. The van der Waals surface area contributed by atoms with Crippen LogP contribution in [0.4, 0.5) is 4.79 Å². The first-order valence-corrected chi connectivity index (χ1v) is 9.03. The number of primary amides is 1. The van der Waals surface area contributed by atoms with Crippen LogP contribution in [0.25, 0.3) is 0 Å². The average Bonchev–Trinajstić information content (AvgIpc) is 2.45. The van der Waals surface area contributed by atoms with Crippen molar-refractivity contribution in [3.05, 3.63) is 20.5 Å².